The minimum atomic E-state index is -0.485. The Bertz CT molecular complexity index is 748. The fraction of sp³-hybridized carbons (Fsp3) is 0.529. The first-order valence-corrected chi connectivity index (χ1v) is 8.63. The van der Waals surface area contributed by atoms with E-state index in [1.165, 1.54) is 0 Å². The molecule has 1 aliphatic heterocycles. The first kappa shape index (κ1) is 17.7. The zero-order valence-electron chi connectivity index (χ0n) is 14.5. The zero-order chi connectivity index (χ0) is 18.0. The number of piperidine rings is 1. The van der Waals surface area contributed by atoms with Crippen molar-refractivity contribution < 1.29 is 14.1 Å². The second-order valence-corrected chi connectivity index (χ2v) is 7.45. The van der Waals surface area contributed by atoms with Crippen LogP contribution in [0.3, 0.4) is 0 Å². The number of nitrogens with zero attached hydrogens (tertiary/aromatic N) is 4. The summed E-state index contributed by atoms with van der Waals surface area (Å²) < 4.78 is 10.8. The van der Waals surface area contributed by atoms with Crippen LogP contribution in [0.1, 0.15) is 45.4 Å². The van der Waals surface area contributed by atoms with Crippen molar-refractivity contribution in [3.8, 4) is 11.4 Å². The van der Waals surface area contributed by atoms with Crippen LogP contribution in [-0.2, 0) is 4.74 Å². The standard InChI is InChI=1S/C17H21ClN4O3/c1-17(2,3)24-16(23)22-8-5-11(6-9-22)15-20-14(21-25-15)12-4-7-19-13(18)10-12/h4,7,10-11H,5-6,8-9H2,1-3H3. The number of amides is 1. The molecule has 134 valence electrons. The smallest absolute Gasteiger partial charge is 0.410 e. The average Bonchev–Trinajstić information content (AvgIpc) is 3.03. The van der Waals surface area contributed by atoms with Gasteiger partial charge in [0.25, 0.3) is 0 Å². The van der Waals surface area contributed by atoms with Crippen molar-refractivity contribution in [1.82, 2.24) is 20.0 Å². The predicted octanol–water partition coefficient (Wildman–Crippen LogP) is 3.90. The number of carbonyl (C=O) groups excluding carboxylic acids is 1. The van der Waals surface area contributed by atoms with Crippen molar-refractivity contribution in [3.05, 3.63) is 29.4 Å². The van der Waals surface area contributed by atoms with Gasteiger partial charge in [-0.3, -0.25) is 0 Å². The highest BCUT2D eigenvalue weighted by Crippen LogP contribution is 2.29. The number of carbonyl (C=O) groups is 1. The molecule has 0 bridgehead atoms. The lowest BCUT2D eigenvalue weighted by Gasteiger charge is -2.32. The quantitative estimate of drug-likeness (QED) is 0.751. The summed E-state index contributed by atoms with van der Waals surface area (Å²) in [6.07, 6.45) is 2.85. The Morgan fingerprint density at radius 2 is 2.08 bits per heavy atom. The highest BCUT2D eigenvalue weighted by atomic mass is 35.5. The molecular formula is C17H21ClN4O3. The van der Waals surface area contributed by atoms with Gasteiger partial charge in [-0.25, -0.2) is 9.78 Å². The largest absolute Gasteiger partial charge is 0.444 e. The van der Waals surface area contributed by atoms with E-state index in [1.54, 1.807) is 23.2 Å². The minimum absolute atomic E-state index is 0.136. The minimum Gasteiger partial charge on any atom is -0.444 e. The van der Waals surface area contributed by atoms with Gasteiger partial charge in [0.15, 0.2) is 0 Å². The molecule has 1 amide bonds. The summed E-state index contributed by atoms with van der Waals surface area (Å²) in [6, 6.07) is 3.48. The number of rotatable bonds is 2. The molecule has 0 unspecified atom stereocenters. The number of hydrogen-bond donors (Lipinski definition) is 0. The molecule has 0 aliphatic carbocycles. The van der Waals surface area contributed by atoms with E-state index < -0.39 is 5.60 Å². The molecule has 1 fully saturated rings. The highest BCUT2D eigenvalue weighted by Gasteiger charge is 2.30. The van der Waals surface area contributed by atoms with Crippen molar-refractivity contribution in [3.63, 3.8) is 0 Å². The normalized spacial score (nSPS) is 16.1. The summed E-state index contributed by atoms with van der Waals surface area (Å²) in [5, 5.41) is 4.41. The predicted molar refractivity (Wildman–Crippen MR) is 92.3 cm³/mol. The van der Waals surface area contributed by atoms with Crippen LogP contribution < -0.4 is 0 Å². The Balaban J connectivity index is 1.61. The summed E-state index contributed by atoms with van der Waals surface area (Å²) in [7, 11) is 0. The van der Waals surface area contributed by atoms with Crippen LogP contribution in [0.5, 0.6) is 0 Å². The number of aromatic nitrogens is 3. The van der Waals surface area contributed by atoms with Gasteiger partial charge < -0.3 is 14.2 Å². The molecular weight excluding hydrogens is 344 g/mol. The van der Waals surface area contributed by atoms with Crippen LogP contribution in [0, 0.1) is 0 Å². The van der Waals surface area contributed by atoms with Gasteiger partial charge in [-0.05, 0) is 45.7 Å². The number of ether oxygens (including phenoxy) is 1. The van der Waals surface area contributed by atoms with E-state index in [0.717, 1.165) is 18.4 Å². The third-order valence-corrected chi connectivity index (χ3v) is 4.13. The van der Waals surface area contributed by atoms with Gasteiger partial charge in [0.05, 0.1) is 0 Å². The molecule has 0 aromatic carbocycles. The van der Waals surface area contributed by atoms with E-state index in [1.807, 2.05) is 20.8 Å². The number of pyridine rings is 1. The second kappa shape index (κ2) is 7.00. The van der Waals surface area contributed by atoms with Gasteiger partial charge in [0.2, 0.25) is 11.7 Å². The Morgan fingerprint density at radius 3 is 2.72 bits per heavy atom. The topological polar surface area (TPSA) is 81.4 Å². The average molecular weight is 365 g/mol. The Labute approximate surface area is 151 Å². The van der Waals surface area contributed by atoms with Crippen molar-refractivity contribution in [2.24, 2.45) is 0 Å². The summed E-state index contributed by atoms with van der Waals surface area (Å²) >= 11 is 5.90. The molecule has 0 atom stereocenters. The Kier molecular flexibility index (Phi) is 4.94. The monoisotopic (exact) mass is 364 g/mol. The molecule has 2 aromatic heterocycles. The van der Waals surface area contributed by atoms with E-state index >= 15 is 0 Å². The maximum atomic E-state index is 12.1. The third-order valence-electron chi connectivity index (χ3n) is 3.92. The lowest BCUT2D eigenvalue weighted by atomic mass is 9.97. The lowest BCUT2D eigenvalue weighted by Crippen LogP contribution is -2.41. The highest BCUT2D eigenvalue weighted by molar-refractivity contribution is 6.29. The van der Waals surface area contributed by atoms with Crippen LogP contribution in [-0.4, -0.2) is 44.8 Å². The van der Waals surface area contributed by atoms with Crippen molar-refractivity contribution in [2.45, 2.75) is 45.1 Å². The maximum absolute atomic E-state index is 12.1. The Morgan fingerprint density at radius 1 is 1.36 bits per heavy atom. The van der Waals surface area contributed by atoms with Crippen LogP contribution in [0.25, 0.3) is 11.4 Å². The van der Waals surface area contributed by atoms with E-state index in [0.29, 0.717) is 30.0 Å². The molecule has 1 saturated heterocycles. The van der Waals surface area contributed by atoms with E-state index in [9.17, 15) is 4.79 Å². The Hall–Kier alpha value is -2.15. The molecule has 1 aliphatic rings. The summed E-state index contributed by atoms with van der Waals surface area (Å²) in [5.41, 5.74) is 0.280. The molecule has 3 heterocycles. The van der Waals surface area contributed by atoms with Gasteiger partial charge in [-0.15, -0.1) is 0 Å². The number of hydrogen-bond acceptors (Lipinski definition) is 6. The fourth-order valence-corrected chi connectivity index (χ4v) is 2.87. The lowest BCUT2D eigenvalue weighted by molar-refractivity contribution is 0.0198. The van der Waals surface area contributed by atoms with Gasteiger partial charge in [-0.1, -0.05) is 16.8 Å². The molecule has 25 heavy (non-hydrogen) atoms. The van der Waals surface area contributed by atoms with Crippen molar-refractivity contribution >= 4 is 17.7 Å². The van der Waals surface area contributed by atoms with Gasteiger partial charge in [-0.2, -0.15) is 4.98 Å². The van der Waals surface area contributed by atoms with E-state index in [2.05, 4.69) is 15.1 Å². The second-order valence-electron chi connectivity index (χ2n) is 7.07. The van der Waals surface area contributed by atoms with E-state index in [4.69, 9.17) is 20.9 Å². The first-order chi connectivity index (χ1) is 11.8. The van der Waals surface area contributed by atoms with Crippen molar-refractivity contribution in [1.29, 1.82) is 0 Å². The molecule has 7 nitrogen and oxygen atoms in total. The molecule has 0 N–H and O–H groups in total. The van der Waals surface area contributed by atoms with Gasteiger partial charge in [0.1, 0.15) is 10.8 Å². The number of halogens is 1. The maximum Gasteiger partial charge on any atom is 0.410 e. The summed E-state index contributed by atoms with van der Waals surface area (Å²) in [6.45, 7) is 6.81. The molecule has 8 heteroatoms. The molecule has 0 saturated carbocycles. The fourth-order valence-electron chi connectivity index (χ4n) is 2.70. The number of likely N-dealkylation sites (tertiary alicyclic amines) is 1. The summed E-state index contributed by atoms with van der Waals surface area (Å²) in [5.74, 6) is 1.22. The van der Waals surface area contributed by atoms with Crippen LogP contribution in [0.15, 0.2) is 22.9 Å². The van der Waals surface area contributed by atoms with Crippen molar-refractivity contribution in [2.75, 3.05) is 13.1 Å². The SMILES string of the molecule is CC(C)(C)OC(=O)N1CCC(c2nc(-c3ccnc(Cl)c3)no2)CC1. The third kappa shape index (κ3) is 4.48. The van der Waals surface area contributed by atoms with Gasteiger partial charge >= 0.3 is 6.09 Å². The molecule has 0 spiro atoms. The molecule has 3 rings (SSSR count). The van der Waals surface area contributed by atoms with E-state index in [-0.39, 0.29) is 12.0 Å². The summed E-state index contributed by atoms with van der Waals surface area (Å²) in [4.78, 5) is 22.3. The van der Waals surface area contributed by atoms with Crippen LogP contribution in [0.4, 0.5) is 4.79 Å². The molecule has 2 aromatic rings. The van der Waals surface area contributed by atoms with Gasteiger partial charge in [0, 0.05) is 30.8 Å². The van der Waals surface area contributed by atoms with Crippen LogP contribution >= 0.6 is 11.6 Å². The first-order valence-electron chi connectivity index (χ1n) is 8.25. The van der Waals surface area contributed by atoms with Crippen LogP contribution in [0.2, 0.25) is 5.15 Å². The molecule has 0 radical (unpaired) electrons. The zero-order valence-corrected chi connectivity index (χ0v) is 15.3.